The predicted octanol–water partition coefficient (Wildman–Crippen LogP) is -1.90. The Labute approximate surface area is 207 Å². The molecule has 1 rings (SSSR count). The van der Waals surface area contributed by atoms with E-state index in [0.29, 0.717) is 17.7 Å². The summed E-state index contributed by atoms with van der Waals surface area (Å²) in [6.45, 7) is 1.29. The first kappa shape index (κ1) is 29.9. The topological polar surface area (TPSA) is 214 Å². The highest BCUT2D eigenvalue weighted by atomic mass is 32.2. The molecule has 5 unspecified atom stereocenters. The van der Waals surface area contributed by atoms with E-state index in [9.17, 15) is 34.2 Å². The van der Waals surface area contributed by atoms with Gasteiger partial charge >= 0.3 is 5.97 Å². The Morgan fingerprint density at radius 1 is 0.971 bits per heavy atom. The van der Waals surface area contributed by atoms with E-state index in [1.165, 1.54) is 18.7 Å². The lowest BCUT2D eigenvalue weighted by molar-refractivity contribution is -0.143. The fraction of sp³-hybridized carbons (Fsp3) is 0.500. The summed E-state index contributed by atoms with van der Waals surface area (Å²) in [5, 5.41) is 26.4. The molecule has 0 saturated heterocycles. The quantitative estimate of drug-likeness (QED) is 0.140. The number of hydrogen-bond donors (Lipinski definition) is 7. The maximum atomic E-state index is 13.0. The van der Waals surface area contributed by atoms with Crippen molar-refractivity contribution in [1.82, 2.24) is 16.0 Å². The molecule has 0 bridgehead atoms. The molecule has 5 atom stereocenters. The lowest BCUT2D eigenvalue weighted by atomic mass is 10.0. The maximum Gasteiger partial charge on any atom is 0.326 e. The first-order valence-electron chi connectivity index (χ1n) is 10.8. The van der Waals surface area contributed by atoms with Crippen LogP contribution in [0.5, 0.6) is 0 Å². The Bertz CT molecular complexity index is 884. The second-order valence-electron chi connectivity index (χ2n) is 7.94. The van der Waals surface area contributed by atoms with Crippen molar-refractivity contribution in [3.05, 3.63) is 35.9 Å². The number of carboxylic acids is 1. The molecule has 1 aromatic carbocycles. The van der Waals surface area contributed by atoms with Gasteiger partial charge in [-0.3, -0.25) is 19.2 Å². The number of benzene rings is 1. The van der Waals surface area contributed by atoms with Crippen molar-refractivity contribution in [1.29, 1.82) is 0 Å². The first-order valence-corrected chi connectivity index (χ1v) is 12.2. The van der Waals surface area contributed by atoms with Crippen molar-refractivity contribution >= 4 is 41.4 Å². The SMILES string of the molecule is CSCCC(N)C(=O)NC(C(=O)NC(Cc1ccccc1)C(=O)NC(CC(N)=O)C(=O)O)C(C)O. The van der Waals surface area contributed by atoms with Crippen LogP contribution in [0.3, 0.4) is 0 Å². The Hall–Kier alpha value is -3.16. The number of nitrogens with one attached hydrogen (secondary N) is 3. The summed E-state index contributed by atoms with van der Waals surface area (Å²) in [7, 11) is 0. The molecule has 0 aliphatic rings. The van der Waals surface area contributed by atoms with Crippen molar-refractivity contribution < 1.29 is 34.2 Å². The third-order valence-corrected chi connectivity index (χ3v) is 5.61. The molecule has 0 heterocycles. The standard InChI is InChI=1S/C22H33N5O7S/c1-12(28)18(27-19(30)14(23)8-9-35-2)21(32)25-15(10-13-6-4-3-5-7-13)20(31)26-16(22(33)34)11-17(24)29/h3-7,12,14-16,18,28H,8-11,23H2,1-2H3,(H2,24,29)(H,25,32)(H,26,31)(H,27,30)(H,33,34). The van der Waals surface area contributed by atoms with E-state index in [1.807, 2.05) is 6.26 Å². The van der Waals surface area contributed by atoms with Crippen molar-refractivity contribution in [2.24, 2.45) is 11.5 Å². The molecule has 35 heavy (non-hydrogen) atoms. The molecule has 0 spiro atoms. The van der Waals surface area contributed by atoms with E-state index in [0.717, 1.165) is 0 Å². The number of aliphatic hydroxyl groups is 1. The van der Waals surface area contributed by atoms with Crippen molar-refractivity contribution in [3.8, 4) is 0 Å². The Morgan fingerprint density at radius 2 is 1.57 bits per heavy atom. The van der Waals surface area contributed by atoms with Crippen LogP contribution in [0.2, 0.25) is 0 Å². The number of amides is 4. The summed E-state index contributed by atoms with van der Waals surface area (Å²) in [5.74, 6) is -4.19. The van der Waals surface area contributed by atoms with Gasteiger partial charge in [-0.2, -0.15) is 11.8 Å². The Morgan fingerprint density at radius 3 is 2.09 bits per heavy atom. The molecular formula is C22H33N5O7S. The predicted molar refractivity (Wildman–Crippen MR) is 130 cm³/mol. The number of carbonyl (C=O) groups excluding carboxylic acids is 4. The monoisotopic (exact) mass is 511 g/mol. The summed E-state index contributed by atoms with van der Waals surface area (Å²) in [4.78, 5) is 60.9. The van der Waals surface area contributed by atoms with Crippen LogP contribution >= 0.6 is 11.8 Å². The zero-order valence-electron chi connectivity index (χ0n) is 19.6. The number of nitrogens with two attached hydrogens (primary N) is 2. The molecule has 0 saturated carbocycles. The van der Waals surface area contributed by atoms with Crippen LogP contribution in [0.4, 0.5) is 0 Å². The molecule has 194 valence electrons. The van der Waals surface area contributed by atoms with Gasteiger partial charge in [-0.05, 0) is 30.9 Å². The van der Waals surface area contributed by atoms with E-state index in [-0.39, 0.29) is 6.42 Å². The van der Waals surface area contributed by atoms with Gasteiger partial charge in [0.25, 0.3) is 0 Å². The molecule has 12 nitrogen and oxygen atoms in total. The van der Waals surface area contributed by atoms with Crippen molar-refractivity contribution in [3.63, 3.8) is 0 Å². The minimum absolute atomic E-state index is 0.0327. The van der Waals surface area contributed by atoms with Crippen LogP contribution in [-0.2, 0) is 30.4 Å². The summed E-state index contributed by atoms with van der Waals surface area (Å²) in [6, 6.07) is 3.37. The summed E-state index contributed by atoms with van der Waals surface area (Å²) < 4.78 is 0. The van der Waals surface area contributed by atoms with Crippen LogP contribution in [-0.4, -0.2) is 82.1 Å². The van der Waals surface area contributed by atoms with Gasteiger partial charge in [0, 0.05) is 6.42 Å². The Balaban J connectivity index is 3.07. The number of hydrogen-bond acceptors (Lipinski definition) is 8. The number of carbonyl (C=O) groups is 5. The minimum atomic E-state index is -1.60. The van der Waals surface area contributed by atoms with Crippen LogP contribution < -0.4 is 27.4 Å². The van der Waals surface area contributed by atoms with Gasteiger partial charge in [0.2, 0.25) is 23.6 Å². The van der Waals surface area contributed by atoms with E-state index in [4.69, 9.17) is 11.5 Å². The average Bonchev–Trinajstić information content (AvgIpc) is 2.79. The summed E-state index contributed by atoms with van der Waals surface area (Å²) in [5.41, 5.74) is 11.5. The zero-order chi connectivity index (χ0) is 26.5. The van der Waals surface area contributed by atoms with Crippen LogP contribution in [0.15, 0.2) is 30.3 Å². The number of rotatable bonds is 15. The number of aliphatic carboxylic acids is 1. The highest BCUT2D eigenvalue weighted by molar-refractivity contribution is 7.98. The lowest BCUT2D eigenvalue weighted by Gasteiger charge is -2.26. The third kappa shape index (κ3) is 10.8. The highest BCUT2D eigenvalue weighted by Crippen LogP contribution is 2.07. The number of thioether (sulfide) groups is 1. The molecule has 13 heteroatoms. The fourth-order valence-electron chi connectivity index (χ4n) is 3.04. The average molecular weight is 512 g/mol. The molecule has 9 N–H and O–H groups in total. The van der Waals surface area contributed by atoms with E-state index in [1.54, 1.807) is 30.3 Å². The molecule has 0 aromatic heterocycles. The molecule has 1 aromatic rings. The van der Waals surface area contributed by atoms with E-state index >= 15 is 0 Å². The second kappa shape index (κ2) is 15.0. The zero-order valence-corrected chi connectivity index (χ0v) is 20.4. The van der Waals surface area contributed by atoms with Crippen LogP contribution in [0, 0.1) is 0 Å². The highest BCUT2D eigenvalue weighted by Gasteiger charge is 2.32. The van der Waals surface area contributed by atoms with Crippen molar-refractivity contribution in [2.45, 2.75) is 56.5 Å². The van der Waals surface area contributed by atoms with Gasteiger partial charge in [-0.15, -0.1) is 0 Å². The third-order valence-electron chi connectivity index (χ3n) is 4.97. The molecule has 0 fully saturated rings. The smallest absolute Gasteiger partial charge is 0.326 e. The van der Waals surface area contributed by atoms with Gasteiger partial charge in [0.15, 0.2) is 0 Å². The summed E-state index contributed by atoms with van der Waals surface area (Å²) >= 11 is 1.50. The summed E-state index contributed by atoms with van der Waals surface area (Å²) in [6.07, 6.45) is 0.208. The fourth-order valence-corrected chi connectivity index (χ4v) is 3.53. The van der Waals surface area contributed by atoms with Gasteiger partial charge in [-0.1, -0.05) is 30.3 Å². The number of aliphatic hydroxyl groups excluding tert-OH is 1. The lowest BCUT2D eigenvalue weighted by Crippen LogP contribution is -2.60. The van der Waals surface area contributed by atoms with E-state index < -0.39 is 66.3 Å². The normalized spacial score (nSPS) is 15.1. The number of carboxylic acid groups (broad SMARTS) is 1. The van der Waals surface area contributed by atoms with Gasteiger partial charge < -0.3 is 37.6 Å². The van der Waals surface area contributed by atoms with Crippen LogP contribution in [0.1, 0.15) is 25.3 Å². The van der Waals surface area contributed by atoms with Crippen LogP contribution in [0.25, 0.3) is 0 Å². The van der Waals surface area contributed by atoms with Gasteiger partial charge in [-0.25, -0.2) is 4.79 Å². The molecule has 0 radical (unpaired) electrons. The second-order valence-corrected chi connectivity index (χ2v) is 8.92. The molecule has 0 aliphatic heterocycles. The van der Waals surface area contributed by atoms with Crippen molar-refractivity contribution in [2.75, 3.05) is 12.0 Å². The number of primary amides is 1. The molecular weight excluding hydrogens is 478 g/mol. The Kier molecular flexibility index (Phi) is 12.8. The van der Waals surface area contributed by atoms with Gasteiger partial charge in [0.1, 0.15) is 18.1 Å². The van der Waals surface area contributed by atoms with Gasteiger partial charge in [0.05, 0.1) is 18.6 Å². The maximum absolute atomic E-state index is 13.0. The largest absolute Gasteiger partial charge is 0.480 e. The van der Waals surface area contributed by atoms with E-state index in [2.05, 4.69) is 16.0 Å². The molecule has 0 aliphatic carbocycles. The first-order chi connectivity index (χ1) is 16.5. The minimum Gasteiger partial charge on any atom is -0.480 e. The molecule has 4 amide bonds.